The van der Waals surface area contributed by atoms with Crippen molar-refractivity contribution in [3.8, 4) is 17.4 Å². The van der Waals surface area contributed by atoms with E-state index < -0.39 is 0 Å². The predicted octanol–water partition coefficient (Wildman–Crippen LogP) is 4.40. The van der Waals surface area contributed by atoms with E-state index in [1.807, 2.05) is 32.0 Å². The van der Waals surface area contributed by atoms with Gasteiger partial charge in [-0.3, -0.25) is 0 Å². The number of rotatable bonds is 2. The lowest BCUT2D eigenvalue weighted by Gasteiger charge is -2.18. The van der Waals surface area contributed by atoms with Crippen molar-refractivity contribution in [2.75, 3.05) is 0 Å². The summed E-state index contributed by atoms with van der Waals surface area (Å²) >= 11 is 9.13. The molecular formula is C14H12BrClN2O2. The summed E-state index contributed by atoms with van der Waals surface area (Å²) < 4.78 is 12.4. The Hall–Kier alpha value is -1.33. The summed E-state index contributed by atoms with van der Waals surface area (Å²) in [5.74, 6) is 1.76. The van der Waals surface area contributed by atoms with Gasteiger partial charge in [0.25, 0.3) is 0 Å². The van der Waals surface area contributed by atoms with Crippen LogP contribution in [0.25, 0.3) is 0 Å². The van der Waals surface area contributed by atoms with Gasteiger partial charge in [-0.15, -0.1) is 0 Å². The summed E-state index contributed by atoms with van der Waals surface area (Å²) in [5, 5.41) is 0.136. The van der Waals surface area contributed by atoms with E-state index in [0.29, 0.717) is 16.1 Å². The van der Waals surface area contributed by atoms with E-state index in [0.717, 1.165) is 17.7 Å². The van der Waals surface area contributed by atoms with Crippen molar-refractivity contribution in [1.29, 1.82) is 0 Å². The van der Waals surface area contributed by atoms with Crippen LogP contribution in [0, 0.1) is 0 Å². The monoisotopic (exact) mass is 354 g/mol. The van der Waals surface area contributed by atoms with Crippen LogP contribution < -0.4 is 9.47 Å². The first kappa shape index (κ1) is 13.6. The number of aromatic nitrogens is 2. The Morgan fingerprint density at radius 2 is 2.20 bits per heavy atom. The van der Waals surface area contributed by atoms with E-state index in [1.165, 1.54) is 0 Å². The molecule has 2 heterocycles. The first-order chi connectivity index (χ1) is 9.44. The molecule has 2 aromatic rings. The van der Waals surface area contributed by atoms with Crippen LogP contribution >= 0.6 is 27.5 Å². The third kappa shape index (κ3) is 2.60. The Kier molecular flexibility index (Phi) is 3.34. The lowest BCUT2D eigenvalue weighted by molar-refractivity contribution is 0.135. The second-order valence-electron chi connectivity index (χ2n) is 5.18. The highest BCUT2D eigenvalue weighted by atomic mass is 79.9. The fraction of sp³-hybridized carbons (Fsp3) is 0.286. The van der Waals surface area contributed by atoms with Gasteiger partial charge in [-0.05, 0) is 47.4 Å². The molecule has 20 heavy (non-hydrogen) atoms. The highest BCUT2D eigenvalue weighted by Crippen LogP contribution is 2.43. The van der Waals surface area contributed by atoms with Crippen LogP contribution in [0.1, 0.15) is 19.4 Å². The van der Waals surface area contributed by atoms with E-state index in [1.54, 1.807) is 6.20 Å². The zero-order chi connectivity index (χ0) is 14.3. The molecule has 0 atom stereocenters. The lowest BCUT2D eigenvalue weighted by atomic mass is 10.0. The van der Waals surface area contributed by atoms with Crippen LogP contribution in [0.3, 0.4) is 0 Å². The molecule has 0 saturated heterocycles. The Morgan fingerprint density at radius 1 is 1.40 bits per heavy atom. The molecule has 0 amide bonds. The average Bonchev–Trinajstić information content (AvgIpc) is 2.69. The van der Waals surface area contributed by atoms with Crippen molar-refractivity contribution in [2.24, 2.45) is 0 Å². The predicted molar refractivity (Wildman–Crippen MR) is 79.7 cm³/mol. The maximum atomic E-state index is 5.95. The van der Waals surface area contributed by atoms with Gasteiger partial charge in [-0.25, -0.2) is 4.98 Å². The second-order valence-corrected chi connectivity index (χ2v) is 6.37. The number of para-hydroxylation sites is 1. The number of hydrogen-bond acceptors (Lipinski definition) is 4. The lowest BCUT2D eigenvalue weighted by Crippen LogP contribution is -2.24. The van der Waals surface area contributed by atoms with Gasteiger partial charge in [0.15, 0.2) is 11.5 Å². The molecule has 0 aliphatic carbocycles. The van der Waals surface area contributed by atoms with Crippen molar-refractivity contribution in [2.45, 2.75) is 25.9 Å². The van der Waals surface area contributed by atoms with Gasteiger partial charge < -0.3 is 9.47 Å². The summed E-state index contributed by atoms with van der Waals surface area (Å²) in [7, 11) is 0. The minimum atomic E-state index is -0.220. The second kappa shape index (κ2) is 4.90. The molecule has 0 N–H and O–H groups in total. The van der Waals surface area contributed by atoms with E-state index in [4.69, 9.17) is 21.1 Å². The van der Waals surface area contributed by atoms with Gasteiger partial charge in [0.1, 0.15) is 5.60 Å². The van der Waals surface area contributed by atoms with Crippen LogP contribution in [0.4, 0.5) is 0 Å². The molecule has 0 radical (unpaired) electrons. The molecule has 1 aliphatic rings. The number of benzene rings is 1. The number of hydrogen-bond donors (Lipinski definition) is 0. The Balaban J connectivity index is 1.97. The van der Waals surface area contributed by atoms with Crippen LogP contribution in [0.5, 0.6) is 17.4 Å². The fourth-order valence-corrected chi connectivity index (χ4v) is 2.57. The molecule has 3 rings (SSSR count). The summed E-state index contributed by atoms with van der Waals surface area (Å²) in [6.07, 6.45) is 2.41. The average molecular weight is 356 g/mol. The fourth-order valence-electron chi connectivity index (χ4n) is 2.17. The van der Waals surface area contributed by atoms with Crippen LogP contribution in [-0.2, 0) is 6.42 Å². The topological polar surface area (TPSA) is 44.2 Å². The normalized spacial score (nSPS) is 15.6. The number of fused-ring (bicyclic) bond motifs is 1. The van der Waals surface area contributed by atoms with Gasteiger partial charge in [-0.2, -0.15) is 4.98 Å². The molecule has 104 valence electrons. The maximum absolute atomic E-state index is 5.95. The Bertz CT molecular complexity index is 676. The van der Waals surface area contributed by atoms with Crippen molar-refractivity contribution < 1.29 is 9.47 Å². The van der Waals surface area contributed by atoms with Gasteiger partial charge >= 0.3 is 0 Å². The van der Waals surface area contributed by atoms with Crippen molar-refractivity contribution in [1.82, 2.24) is 9.97 Å². The minimum absolute atomic E-state index is 0.136. The first-order valence-corrected chi connectivity index (χ1v) is 7.28. The molecular weight excluding hydrogens is 344 g/mol. The largest absolute Gasteiger partial charge is 0.483 e. The van der Waals surface area contributed by atoms with Gasteiger partial charge in [-0.1, -0.05) is 12.1 Å². The third-order valence-electron chi connectivity index (χ3n) is 2.94. The Labute approximate surface area is 130 Å². The molecule has 0 unspecified atom stereocenters. The molecule has 0 fully saturated rings. The standard InChI is InChI=1S/C14H12BrClN2O2/c1-14(2)6-8-4-3-5-10(11(8)20-14)19-12-9(15)7-17-13(16)18-12/h3-5,7H,6H2,1-2H3. The third-order valence-corrected chi connectivity index (χ3v) is 3.67. The van der Waals surface area contributed by atoms with Crippen LogP contribution in [-0.4, -0.2) is 15.6 Å². The zero-order valence-corrected chi connectivity index (χ0v) is 13.3. The number of nitrogens with zero attached hydrogens (tertiary/aromatic N) is 2. The van der Waals surface area contributed by atoms with E-state index >= 15 is 0 Å². The molecule has 6 heteroatoms. The van der Waals surface area contributed by atoms with E-state index in [2.05, 4.69) is 25.9 Å². The van der Waals surface area contributed by atoms with Crippen LogP contribution in [0.2, 0.25) is 5.28 Å². The van der Waals surface area contributed by atoms with Gasteiger partial charge in [0.2, 0.25) is 11.2 Å². The zero-order valence-electron chi connectivity index (χ0n) is 11.0. The molecule has 4 nitrogen and oxygen atoms in total. The number of halogens is 2. The van der Waals surface area contributed by atoms with E-state index in [-0.39, 0.29) is 10.9 Å². The van der Waals surface area contributed by atoms with Gasteiger partial charge in [0.05, 0.1) is 4.47 Å². The first-order valence-electron chi connectivity index (χ1n) is 6.11. The smallest absolute Gasteiger partial charge is 0.238 e. The maximum Gasteiger partial charge on any atom is 0.238 e. The summed E-state index contributed by atoms with van der Waals surface area (Å²) in [4.78, 5) is 7.93. The van der Waals surface area contributed by atoms with Crippen molar-refractivity contribution in [3.05, 3.63) is 39.7 Å². The summed E-state index contributed by atoms with van der Waals surface area (Å²) in [5.41, 5.74) is 0.909. The minimum Gasteiger partial charge on any atom is -0.483 e. The molecule has 0 bridgehead atoms. The summed E-state index contributed by atoms with van der Waals surface area (Å²) in [6.45, 7) is 4.10. The molecule has 1 aromatic carbocycles. The highest BCUT2D eigenvalue weighted by molar-refractivity contribution is 9.10. The van der Waals surface area contributed by atoms with Crippen LogP contribution in [0.15, 0.2) is 28.9 Å². The van der Waals surface area contributed by atoms with Crippen molar-refractivity contribution >= 4 is 27.5 Å². The quantitative estimate of drug-likeness (QED) is 0.749. The molecule has 0 saturated carbocycles. The summed E-state index contributed by atoms with van der Waals surface area (Å²) in [6, 6.07) is 5.83. The SMILES string of the molecule is CC1(C)Cc2cccc(Oc3nc(Cl)ncc3Br)c2O1. The Morgan fingerprint density at radius 3 is 3.00 bits per heavy atom. The molecule has 0 spiro atoms. The van der Waals surface area contributed by atoms with E-state index in [9.17, 15) is 0 Å². The molecule has 1 aromatic heterocycles. The number of ether oxygens (including phenoxy) is 2. The van der Waals surface area contributed by atoms with Gasteiger partial charge in [0, 0.05) is 18.2 Å². The van der Waals surface area contributed by atoms with Crippen molar-refractivity contribution in [3.63, 3.8) is 0 Å². The molecule has 1 aliphatic heterocycles. The highest BCUT2D eigenvalue weighted by Gasteiger charge is 2.32.